The van der Waals surface area contributed by atoms with Crippen LogP contribution in [-0.4, -0.2) is 29.1 Å². The number of aromatic nitrogens is 1. The first-order valence-corrected chi connectivity index (χ1v) is 7.71. The molecule has 2 aromatic rings. The van der Waals surface area contributed by atoms with Gasteiger partial charge in [-0.25, -0.2) is 4.98 Å². The second-order valence-corrected chi connectivity index (χ2v) is 5.60. The molecule has 4 N–H and O–H groups in total. The molecule has 1 amide bonds. The Bertz CT molecular complexity index is 577. The van der Waals surface area contributed by atoms with Crippen LogP contribution >= 0.6 is 23.7 Å². The zero-order chi connectivity index (χ0) is 15.1. The number of benzene rings is 1. The Morgan fingerprint density at radius 1 is 1.36 bits per heavy atom. The highest BCUT2D eigenvalue weighted by Crippen LogP contribution is 2.18. The van der Waals surface area contributed by atoms with Gasteiger partial charge in [-0.3, -0.25) is 4.79 Å². The van der Waals surface area contributed by atoms with E-state index in [9.17, 15) is 9.90 Å². The summed E-state index contributed by atoms with van der Waals surface area (Å²) < 4.78 is 0. The van der Waals surface area contributed by atoms with E-state index in [1.807, 2.05) is 30.3 Å². The van der Waals surface area contributed by atoms with Crippen LogP contribution in [0.2, 0.25) is 0 Å². The number of hydrogen-bond acceptors (Lipinski definition) is 5. The van der Waals surface area contributed by atoms with E-state index in [0.717, 1.165) is 10.6 Å². The largest absolute Gasteiger partial charge is 0.396 e. The van der Waals surface area contributed by atoms with Crippen LogP contribution in [0, 0.1) is 0 Å². The molecule has 1 unspecified atom stereocenters. The van der Waals surface area contributed by atoms with Crippen molar-refractivity contribution >= 4 is 29.7 Å². The molecule has 120 valence electrons. The molecule has 22 heavy (non-hydrogen) atoms. The molecule has 0 aliphatic carbocycles. The highest BCUT2D eigenvalue weighted by molar-refractivity contribution is 7.09. The molecular weight excluding hydrogens is 322 g/mol. The maximum absolute atomic E-state index is 12.0. The summed E-state index contributed by atoms with van der Waals surface area (Å²) in [5.74, 6) is -0.113. The Kier molecular flexibility index (Phi) is 8.05. The Morgan fingerprint density at radius 2 is 2.09 bits per heavy atom. The molecule has 1 aromatic carbocycles. The van der Waals surface area contributed by atoms with Crippen molar-refractivity contribution in [3.05, 3.63) is 52.0 Å². The van der Waals surface area contributed by atoms with Crippen molar-refractivity contribution in [1.29, 1.82) is 0 Å². The summed E-state index contributed by atoms with van der Waals surface area (Å²) in [6.07, 6.45) is 0.607. The van der Waals surface area contributed by atoms with Gasteiger partial charge in [-0.2, -0.15) is 0 Å². The molecule has 0 fully saturated rings. The van der Waals surface area contributed by atoms with Gasteiger partial charge in [0.15, 0.2) is 0 Å². The molecule has 7 heteroatoms. The van der Waals surface area contributed by atoms with E-state index in [-0.39, 0.29) is 30.8 Å². The third-order valence-electron chi connectivity index (χ3n) is 3.22. The Balaban J connectivity index is 0.00000242. The highest BCUT2D eigenvalue weighted by Gasteiger charge is 2.15. The molecule has 1 aromatic heterocycles. The average Bonchev–Trinajstić information content (AvgIpc) is 3.01. The van der Waals surface area contributed by atoms with Gasteiger partial charge in [0.25, 0.3) is 5.91 Å². The molecule has 1 atom stereocenters. The monoisotopic (exact) mass is 341 g/mol. The molecule has 0 spiro atoms. The van der Waals surface area contributed by atoms with Gasteiger partial charge in [0, 0.05) is 31.0 Å². The van der Waals surface area contributed by atoms with E-state index in [1.165, 1.54) is 11.3 Å². The van der Waals surface area contributed by atoms with Crippen LogP contribution in [0.5, 0.6) is 0 Å². The molecule has 0 radical (unpaired) electrons. The van der Waals surface area contributed by atoms with Crippen molar-refractivity contribution in [1.82, 2.24) is 10.3 Å². The van der Waals surface area contributed by atoms with Crippen molar-refractivity contribution in [2.45, 2.75) is 18.9 Å². The van der Waals surface area contributed by atoms with Gasteiger partial charge < -0.3 is 16.2 Å². The van der Waals surface area contributed by atoms with Gasteiger partial charge in [-0.05, 0) is 12.0 Å². The summed E-state index contributed by atoms with van der Waals surface area (Å²) in [7, 11) is 0. The van der Waals surface area contributed by atoms with Crippen LogP contribution in [0.1, 0.15) is 33.4 Å². The van der Waals surface area contributed by atoms with Crippen LogP contribution in [0.4, 0.5) is 0 Å². The maximum Gasteiger partial charge on any atom is 0.270 e. The highest BCUT2D eigenvalue weighted by atomic mass is 35.5. The van der Waals surface area contributed by atoms with Gasteiger partial charge in [-0.15, -0.1) is 23.7 Å². The summed E-state index contributed by atoms with van der Waals surface area (Å²) in [5, 5.41) is 14.5. The quantitative estimate of drug-likeness (QED) is 0.718. The fourth-order valence-corrected chi connectivity index (χ4v) is 2.74. The van der Waals surface area contributed by atoms with E-state index >= 15 is 0 Å². The lowest BCUT2D eigenvalue weighted by atomic mass is 9.96. The summed E-state index contributed by atoms with van der Waals surface area (Å²) in [4.78, 5) is 16.2. The van der Waals surface area contributed by atoms with Crippen LogP contribution < -0.4 is 11.1 Å². The second kappa shape index (κ2) is 9.53. The van der Waals surface area contributed by atoms with Crippen molar-refractivity contribution in [3.8, 4) is 0 Å². The standard InChI is InChI=1S/C15H19N3O2S.ClH/c16-8-14-18-13(10-21-14)15(20)17-9-12(6-7-19)11-4-2-1-3-5-11;/h1-5,10,12,19H,6-9,16H2,(H,17,20);1H. The van der Waals surface area contributed by atoms with Crippen molar-refractivity contribution in [3.63, 3.8) is 0 Å². The van der Waals surface area contributed by atoms with Crippen LogP contribution in [0.15, 0.2) is 35.7 Å². The normalized spacial score (nSPS) is 11.5. The summed E-state index contributed by atoms with van der Waals surface area (Å²) in [6.45, 7) is 0.900. The predicted molar refractivity (Wildman–Crippen MR) is 90.5 cm³/mol. The van der Waals surface area contributed by atoms with Gasteiger partial charge in [0.2, 0.25) is 0 Å². The number of nitrogens with two attached hydrogens (primary N) is 1. The SMILES string of the molecule is Cl.NCc1nc(C(=O)NCC(CCO)c2ccccc2)cs1. The second-order valence-electron chi connectivity index (χ2n) is 4.66. The molecule has 1 heterocycles. The van der Waals surface area contributed by atoms with E-state index in [2.05, 4.69) is 10.3 Å². The predicted octanol–water partition coefficient (Wildman–Crippen LogP) is 1.92. The van der Waals surface area contributed by atoms with Crippen molar-refractivity contribution in [2.75, 3.05) is 13.2 Å². The van der Waals surface area contributed by atoms with Gasteiger partial charge in [-0.1, -0.05) is 30.3 Å². The first-order chi connectivity index (χ1) is 10.2. The minimum absolute atomic E-state index is 0. The third-order valence-corrected chi connectivity index (χ3v) is 4.09. The Hall–Kier alpha value is -1.47. The van der Waals surface area contributed by atoms with Crippen LogP contribution in [0.25, 0.3) is 0 Å². The van der Waals surface area contributed by atoms with E-state index in [1.54, 1.807) is 5.38 Å². The lowest BCUT2D eigenvalue weighted by Gasteiger charge is -2.16. The molecule has 0 saturated carbocycles. The molecule has 0 saturated heterocycles. The lowest BCUT2D eigenvalue weighted by Crippen LogP contribution is -2.29. The molecule has 5 nitrogen and oxygen atoms in total. The lowest BCUT2D eigenvalue weighted by molar-refractivity contribution is 0.0945. The number of hydrogen-bond donors (Lipinski definition) is 3. The maximum atomic E-state index is 12.0. The number of carbonyl (C=O) groups excluding carboxylic acids is 1. The topological polar surface area (TPSA) is 88.2 Å². The Labute approximate surface area is 140 Å². The van der Waals surface area contributed by atoms with Gasteiger partial charge >= 0.3 is 0 Å². The summed E-state index contributed by atoms with van der Waals surface area (Å²) >= 11 is 1.38. The van der Waals surface area contributed by atoms with E-state index < -0.39 is 0 Å². The molecule has 0 aliphatic heterocycles. The number of thiazole rings is 1. The third kappa shape index (κ3) is 5.06. The minimum atomic E-state index is -0.204. The van der Waals surface area contributed by atoms with Crippen molar-refractivity contribution in [2.24, 2.45) is 5.73 Å². The number of nitrogens with one attached hydrogen (secondary N) is 1. The molecule has 0 aliphatic rings. The number of aliphatic hydroxyl groups excluding tert-OH is 1. The number of nitrogens with zero attached hydrogens (tertiary/aromatic N) is 1. The first kappa shape index (κ1) is 18.6. The number of aliphatic hydroxyl groups is 1. The molecular formula is C15H20ClN3O2S. The Morgan fingerprint density at radius 3 is 2.68 bits per heavy atom. The van der Waals surface area contributed by atoms with E-state index in [4.69, 9.17) is 5.73 Å². The first-order valence-electron chi connectivity index (χ1n) is 6.83. The number of halogens is 1. The zero-order valence-electron chi connectivity index (χ0n) is 12.1. The number of amides is 1. The van der Waals surface area contributed by atoms with Gasteiger partial charge in [0.05, 0.1) is 0 Å². The molecule has 2 rings (SSSR count). The summed E-state index contributed by atoms with van der Waals surface area (Å²) in [5.41, 5.74) is 6.99. The smallest absolute Gasteiger partial charge is 0.270 e. The zero-order valence-corrected chi connectivity index (χ0v) is 13.7. The molecule has 0 bridgehead atoms. The minimum Gasteiger partial charge on any atom is -0.396 e. The number of rotatable bonds is 7. The number of carbonyl (C=O) groups is 1. The van der Waals surface area contributed by atoms with Crippen LogP contribution in [-0.2, 0) is 6.54 Å². The fraction of sp³-hybridized carbons (Fsp3) is 0.333. The fourth-order valence-electron chi connectivity index (χ4n) is 2.08. The van der Waals surface area contributed by atoms with Crippen LogP contribution in [0.3, 0.4) is 0 Å². The van der Waals surface area contributed by atoms with Gasteiger partial charge in [0.1, 0.15) is 10.7 Å². The summed E-state index contributed by atoms with van der Waals surface area (Å²) in [6, 6.07) is 9.86. The average molecular weight is 342 g/mol. The van der Waals surface area contributed by atoms with E-state index in [0.29, 0.717) is 25.2 Å². The van der Waals surface area contributed by atoms with Crippen molar-refractivity contribution < 1.29 is 9.90 Å².